The highest BCUT2D eigenvalue weighted by Gasteiger charge is 2.19. The lowest BCUT2D eigenvalue weighted by Crippen LogP contribution is -2.39. The van der Waals surface area contributed by atoms with Gasteiger partial charge in [-0.1, -0.05) is 36.4 Å². The Hall–Kier alpha value is -1.75. The monoisotopic (exact) mass is 284 g/mol. The Morgan fingerprint density at radius 3 is 2.67 bits per heavy atom. The van der Waals surface area contributed by atoms with Crippen molar-refractivity contribution in [1.82, 2.24) is 10.3 Å². The van der Waals surface area contributed by atoms with Crippen molar-refractivity contribution in [3.05, 3.63) is 66.0 Å². The summed E-state index contributed by atoms with van der Waals surface area (Å²) in [5.41, 5.74) is 2.22. The standard InChI is InChI=1S/C17H20N2O2/c1-2-6-14(7-3-1)17(16-8-4-5-9-18-16)19-12-15-13-20-10-11-21-15/h1-9,15,17,19H,10-13H2. The average Bonchev–Trinajstić information content (AvgIpc) is 2.58. The largest absolute Gasteiger partial charge is 0.376 e. The maximum absolute atomic E-state index is 5.69. The lowest BCUT2D eigenvalue weighted by atomic mass is 10.0. The lowest BCUT2D eigenvalue weighted by molar-refractivity contribution is -0.0868. The van der Waals surface area contributed by atoms with Gasteiger partial charge in [0.2, 0.25) is 0 Å². The second-order valence-corrected chi connectivity index (χ2v) is 5.07. The van der Waals surface area contributed by atoms with E-state index in [0.717, 1.165) is 12.2 Å². The van der Waals surface area contributed by atoms with E-state index in [1.165, 1.54) is 5.56 Å². The Morgan fingerprint density at radius 1 is 1.10 bits per heavy atom. The number of rotatable bonds is 5. The Balaban J connectivity index is 1.73. The van der Waals surface area contributed by atoms with E-state index in [2.05, 4.69) is 22.4 Å². The Kier molecular flexibility index (Phi) is 4.94. The van der Waals surface area contributed by atoms with E-state index >= 15 is 0 Å². The summed E-state index contributed by atoms with van der Waals surface area (Å²) in [5, 5.41) is 3.55. The Labute approximate surface area is 125 Å². The molecule has 1 aliphatic heterocycles. The molecular weight excluding hydrogens is 264 g/mol. The van der Waals surface area contributed by atoms with Crippen LogP contribution in [0.3, 0.4) is 0 Å². The molecule has 2 unspecified atom stereocenters. The van der Waals surface area contributed by atoms with Gasteiger partial charge in [0, 0.05) is 12.7 Å². The number of ether oxygens (including phenoxy) is 2. The molecule has 2 aromatic rings. The average molecular weight is 284 g/mol. The lowest BCUT2D eigenvalue weighted by Gasteiger charge is -2.26. The molecule has 0 radical (unpaired) electrons. The molecule has 0 bridgehead atoms. The molecule has 0 aliphatic carbocycles. The maximum atomic E-state index is 5.69. The molecule has 1 N–H and O–H groups in total. The van der Waals surface area contributed by atoms with Crippen LogP contribution in [-0.2, 0) is 9.47 Å². The molecule has 4 heteroatoms. The molecule has 2 atom stereocenters. The Bertz CT molecular complexity index is 488. The summed E-state index contributed by atoms with van der Waals surface area (Å²) in [6.07, 6.45) is 1.93. The highest BCUT2D eigenvalue weighted by Crippen LogP contribution is 2.20. The van der Waals surface area contributed by atoms with Gasteiger partial charge in [-0.2, -0.15) is 0 Å². The van der Waals surface area contributed by atoms with Crippen LogP contribution in [0.15, 0.2) is 54.7 Å². The van der Waals surface area contributed by atoms with Gasteiger partial charge in [0.1, 0.15) is 0 Å². The topological polar surface area (TPSA) is 43.4 Å². The zero-order chi connectivity index (χ0) is 14.3. The van der Waals surface area contributed by atoms with Gasteiger partial charge in [0.25, 0.3) is 0 Å². The minimum Gasteiger partial charge on any atom is -0.376 e. The quantitative estimate of drug-likeness (QED) is 0.914. The summed E-state index contributed by atoms with van der Waals surface area (Å²) in [6, 6.07) is 16.4. The fraction of sp³-hybridized carbons (Fsp3) is 0.353. The van der Waals surface area contributed by atoms with E-state index in [4.69, 9.17) is 9.47 Å². The van der Waals surface area contributed by atoms with Crippen molar-refractivity contribution < 1.29 is 9.47 Å². The summed E-state index contributed by atoms with van der Waals surface area (Å²) in [5.74, 6) is 0. The molecule has 4 nitrogen and oxygen atoms in total. The van der Waals surface area contributed by atoms with E-state index in [9.17, 15) is 0 Å². The fourth-order valence-electron chi connectivity index (χ4n) is 2.49. The van der Waals surface area contributed by atoms with Gasteiger partial charge in [0.15, 0.2) is 0 Å². The summed E-state index contributed by atoms with van der Waals surface area (Å²) in [7, 11) is 0. The van der Waals surface area contributed by atoms with Crippen LogP contribution in [0.5, 0.6) is 0 Å². The number of benzene rings is 1. The molecule has 1 aliphatic rings. The van der Waals surface area contributed by atoms with Crippen LogP contribution in [0.25, 0.3) is 0 Å². The second kappa shape index (κ2) is 7.31. The number of nitrogens with one attached hydrogen (secondary N) is 1. The van der Waals surface area contributed by atoms with Crippen LogP contribution in [0.4, 0.5) is 0 Å². The third kappa shape index (κ3) is 3.88. The third-order valence-corrected chi connectivity index (χ3v) is 3.55. The number of pyridine rings is 1. The van der Waals surface area contributed by atoms with Crippen LogP contribution in [0, 0.1) is 0 Å². The smallest absolute Gasteiger partial charge is 0.0933 e. The van der Waals surface area contributed by atoms with E-state index in [1.807, 2.05) is 42.6 Å². The minimum absolute atomic E-state index is 0.0675. The number of nitrogens with zero attached hydrogens (tertiary/aromatic N) is 1. The van der Waals surface area contributed by atoms with Crippen LogP contribution < -0.4 is 5.32 Å². The van der Waals surface area contributed by atoms with E-state index in [-0.39, 0.29) is 12.1 Å². The van der Waals surface area contributed by atoms with Crippen LogP contribution in [0.1, 0.15) is 17.3 Å². The van der Waals surface area contributed by atoms with Crippen molar-refractivity contribution in [3.8, 4) is 0 Å². The Morgan fingerprint density at radius 2 is 1.95 bits per heavy atom. The predicted molar refractivity (Wildman–Crippen MR) is 81.1 cm³/mol. The molecule has 110 valence electrons. The normalized spacial score (nSPS) is 20.1. The zero-order valence-electron chi connectivity index (χ0n) is 11.9. The molecule has 1 fully saturated rings. The van der Waals surface area contributed by atoms with E-state index < -0.39 is 0 Å². The first-order chi connectivity index (χ1) is 10.4. The van der Waals surface area contributed by atoms with Gasteiger partial charge in [-0.25, -0.2) is 0 Å². The SMILES string of the molecule is c1ccc(C(NCC2COCCO2)c2ccccn2)cc1. The number of hydrogen-bond acceptors (Lipinski definition) is 4. The summed E-state index contributed by atoms with van der Waals surface area (Å²) >= 11 is 0. The highest BCUT2D eigenvalue weighted by atomic mass is 16.6. The minimum atomic E-state index is 0.0675. The van der Waals surface area contributed by atoms with Crippen LogP contribution in [0.2, 0.25) is 0 Å². The molecule has 1 aromatic carbocycles. The van der Waals surface area contributed by atoms with Crippen molar-refractivity contribution in [1.29, 1.82) is 0 Å². The van der Waals surface area contributed by atoms with Crippen LogP contribution >= 0.6 is 0 Å². The van der Waals surface area contributed by atoms with Gasteiger partial charge < -0.3 is 14.8 Å². The first-order valence-electron chi connectivity index (χ1n) is 7.32. The number of aromatic nitrogens is 1. The van der Waals surface area contributed by atoms with Crippen molar-refractivity contribution in [3.63, 3.8) is 0 Å². The second-order valence-electron chi connectivity index (χ2n) is 5.07. The molecule has 1 aromatic heterocycles. The van der Waals surface area contributed by atoms with Gasteiger partial charge in [0.05, 0.1) is 37.7 Å². The van der Waals surface area contributed by atoms with Gasteiger partial charge in [-0.05, 0) is 17.7 Å². The number of hydrogen-bond donors (Lipinski definition) is 1. The van der Waals surface area contributed by atoms with Crippen molar-refractivity contribution in [2.24, 2.45) is 0 Å². The van der Waals surface area contributed by atoms with Crippen LogP contribution in [-0.4, -0.2) is 37.5 Å². The van der Waals surface area contributed by atoms with Gasteiger partial charge >= 0.3 is 0 Å². The fourth-order valence-corrected chi connectivity index (χ4v) is 2.49. The van der Waals surface area contributed by atoms with Crippen molar-refractivity contribution in [2.75, 3.05) is 26.4 Å². The summed E-state index contributed by atoms with van der Waals surface area (Å²) in [6.45, 7) is 2.76. The highest BCUT2D eigenvalue weighted by molar-refractivity contribution is 5.27. The van der Waals surface area contributed by atoms with E-state index in [0.29, 0.717) is 19.8 Å². The van der Waals surface area contributed by atoms with E-state index in [1.54, 1.807) is 0 Å². The molecule has 0 spiro atoms. The molecular formula is C17H20N2O2. The summed E-state index contributed by atoms with van der Waals surface area (Å²) in [4.78, 5) is 4.48. The summed E-state index contributed by atoms with van der Waals surface area (Å²) < 4.78 is 11.1. The molecule has 0 amide bonds. The zero-order valence-corrected chi connectivity index (χ0v) is 11.9. The molecule has 2 heterocycles. The van der Waals surface area contributed by atoms with Gasteiger partial charge in [-0.3, -0.25) is 4.98 Å². The molecule has 0 saturated carbocycles. The van der Waals surface area contributed by atoms with Gasteiger partial charge in [-0.15, -0.1) is 0 Å². The first-order valence-corrected chi connectivity index (χ1v) is 7.32. The maximum Gasteiger partial charge on any atom is 0.0933 e. The van der Waals surface area contributed by atoms with Crippen molar-refractivity contribution in [2.45, 2.75) is 12.1 Å². The molecule has 21 heavy (non-hydrogen) atoms. The molecule has 3 rings (SSSR count). The predicted octanol–water partition coefficient (Wildman–Crippen LogP) is 2.18. The third-order valence-electron chi connectivity index (χ3n) is 3.55. The van der Waals surface area contributed by atoms with Crippen molar-refractivity contribution >= 4 is 0 Å². The first kappa shape index (κ1) is 14.2. The molecule has 1 saturated heterocycles.